The molecule has 1 fully saturated rings. The van der Waals surface area contributed by atoms with E-state index in [0.717, 1.165) is 10.8 Å². The number of aliphatic hydroxyl groups excluding tert-OH is 1. The summed E-state index contributed by atoms with van der Waals surface area (Å²) in [5.41, 5.74) is -0.943. The number of hydrogen-bond donors (Lipinski definition) is 2. The van der Waals surface area contributed by atoms with Crippen molar-refractivity contribution in [2.75, 3.05) is 11.9 Å². The van der Waals surface area contributed by atoms with Gasteiger partial charge in [0.25, 0.3) is 5.13 Å². The van der Waals surface area contributed by atoms with Gasteiger partial charge >= 0.3 is 11.7 Å². The van der Waals surface area contributed by atoms with Gasteiger partial charge in [-0.25, -0.2) is 9.18 Å². The zero-order chi connectivity index (χ0) is 21.2. The first-order valence-electron chi connectivity index (χ1n) is 8.73. The van der Waals surface area contributed by atoms with Crippen LogP contribution in [0.4, 0.5) is 10.2 Å². The molecule has 156 valence electrons. The van der Waals surface area contributed by atoms with Gasteiger partial charge in [-0.15, -0.1) is 0 Å². The quantitative estimate of drug-likeness (QED) is 0.525. The number of aliphatic hydroxyl groups is 1. The van der Waals surface area contributed by atoms with Crippen LogP contribution in [0, 0.1) is 11.8 Å². The molecule has 0 radical (unpaired) electrons. The van der Waals surface area contributed by atoms with E-state index in [4.69, 9.17) is 21.1 Å². The van der Waals surface area contributed by atoms with Gasteiger partial charge in [-0.05, 0) is 6.07 Å². The second-order valence-corrected chi connectivity index (χ2v) is 7.62. The van der Waals surface area contributed by atoms with Gasteiger partial charge < -0.3 is 19.9 Å². The van der Waals surface area contributed by atoms with Gasteiger partial charge in [0.1, 0.15) is 11.9 Å². The molecule has 0 bridgehead atoms. The molecule has 11 heteroatoms. The second-order valence-electron chi connectivity index (χ2n) is 7.04. The first-order chi connectivity index (χ1) is 13.0. The molecule has 1 amide bonds. The molecule has 1 saturated heterocycles. The Hall–Kier alpha value is -2.04. The number of carbonyl (C=O) groups excluding carboxylic acids is 2. The van der Waals surface area contributed by atoms with E-state index in [2.05, 4.69) is 10.3 Å². The fourth-order valence-corrected chi connectivity index (χ4v) is 2.79. The van der Waals surface area contributed by atoms with E-state index in [1.807, 2.05) is 0 Å². The lowest BCUT2D eigenvalue weighted by Gasteiger charge is -2.26. The highest BCUT2D eigenvalue weighted by Gasteiger charge is 2.60. The fraction of sp³-hybridized carbons (Fsp3) is 0.647. The number of amides is 1. The second kappa shape index (κ2) is 8.54. The predicted molar refractivity (Wildman–Crippen MR) is 97.4 cm³/mol. The summed E-state index contributed by atoms with van der Waals surface area (Å²) in [6.07, 6.45) is -3.46. The first-order valence-corrected chi connectivity index (χ1v) is 9.11. The minimum absolute atomic E-state index is 0.0153. The van der Waals surface area contributed by atoms with Crippen LogP contribution in [-0.2, 0) is 19.1 Å². The number of nitrogens with zero attached hydrogens (tertiary/aromatic N) is 2. The Balaban J connectivity index is 2.30. The summed E-state index contributed by atoms with van der Waals surface area (Å²) >= 11 is 5.96. The van der Waals surface area contributed by atoms with Gasteiger partial charge in [-0.1, -0.05) is 39.3 Å². The highest BCUT2D eigenvalue weighted by molar-refractivity contribution is 6.23. The van der Waals surface area contributed by atoms with Crippen LogP contribution >= 0.6 is 11.6 Å². The Kier molecular flexibility index (Phi) is 6.79. The van der Waals surface area contributed by atoms with Crippen molar-refractivity contribution in [1.82, 2.24) is 9.55 Å². The van der Waals surface area contributed by atoms with Crippen LogP contribution in [0.3, 0.4) is 0 Å². The van der Waals surface area contributed by atoms with E-state index in [9.17, 15) is 19.5 Å². The third kappa shape index (κ3) is 4.50. The number of halogens is 2. The Labute approximate surface area is 165 Å². The molecule has 1 aliphatic heterocycles. The van der Waals surface area contributed by atoms with E-state index in [1.165, 1.54) is 6.07 Å². The molecule has 2 heterocycles. The van der Waals surface area contributed by atoms with E-state index >= 15 is 4.39 Å². The predicted octanol–water partition coefficient (Wildman–Crippen LogP) is 1.20. The minimum atomic E-state index is -2.83. The van der Waals surface area contributed by atoms with Crippen molar-refractivity contribution >= 4 is 29.3 Å². The molecule has 0 spiro atoms. The van der Waals surface area contributed by atoms with Crippen molar-refractivity contribution in [3.63, 3.8) is 0 Å². The van der Waals surface area contributed by atoms with E-state index in [0.29, 0.717) is 0 Å². The summed E-state index contributed by atoms with van der Waals surface area (Å²) in [5.74, 6) is -1.98. The molecule has 4 atom stereocenters. The number of aromatic nitrogens is 2. The maximum atomic E-state index is 15.3. The van der Waals surface area contributed by atoms with Crippen LogP contribution in [0.2, 0.25) is 0 Å². The standard InChI is InChI=1S/C17H23ClFN3O6/c1-8(2)13(24)20-11-5-6-22(16(26)21-11)15-17(18,19)12(10(7-23)27-15)28-14(25)9(3)4/h5-6,8-10,12,15,23H,7H2,1-4H3,(H,20,21,24,26)/t10-,12+,15+,17+/m0/s1. The maximum absolute atomic E-state index is 15.3. The summed E-state index contributed by atoms with van der Waals surface area (Å²) in [5, 5.41) is 9.08. The topological polar surface area (TPSA) is 120 Å². The highest BCUT2D eigenvalue weighted by Crippen LogP contribution is 2.45. The molecule has 0 unspecified atom stereocenters. The smallest absolute Gasteiger partial charge is 0.351 e. The first kappa shape index (κ1) is 22.3. The highest BCUT2D eigenvalue weighted by atomic mass is 35.5. The SMILES string of the molecule is CC(C)C(=O)Nc1ccn([C@@H]2O[C@@H](CO)[C@@H](OC(=O)C(C)C)[C@]2(F)Cl)c(=O)n1. The van der Waals surface area contributed by atoms with Gasteiger partial charge in [0.2, 0.25) is 5.91 Å². The van der Waals surface area contributed by atoms with Crippen molar-refractivity contribution in [3.05, 3.63) is 22.7 Å². The lowest BCUT2D eigenvalue weighted by atomic mass is 10.1. The number of esters is 1. The van der Waals surface area contributed by atoms with Crippen molar-refractivity contribution < 1.29 is 28.6 Å². The van der Waals surface area contributed by atoms with Crippen molar-refractivity contribution in [2.24, 2.45) is 11.8 Å². The van der Waals surface area contributed by atoms with Crippen LogP contribution in [0.25, 0.3) is 0 Å². The van der Waals surface area contributed by atoms with Gasteiger partial charge in [0.15, 0.2) is 12.3 Å². The van der Waals surface area contributed by atoms with E-state index in [-0.39, 0.29) is 17.6 Å². The lowest BCUT2D eigenvalue weighted by Crippen LogP contribution is -2.44. The third-order valence-electron chi connectivity index (χ3n) is 4.10. The Morgan fingerprint density at radius 2 is 2.07 bits per heavy atom. The molecular weight excluding hydrogens is 397 g/mol. The molecule has 2 N–H and O–H groups in total. The number of carbonyl (C=O) groups is 2. The van der Waals surface area contributed by atoms with Crippen LogP contribution in [0.15, 0.2) is 17.1 Å². The number of ether oxygens (including phenoxy) is 2. The zero-order valence-corrected chi connectivity index (χ0v) is 16.6. The van der Waals surface area contributed by atoms with Crippen LogP contribution in [-0.4, -0.2) is 50.5 Å². The number of rotatable bonds is 6. The number of anilines is 1. The summed E-state index contributed by atoms with van der Waals surface area (Å²) in [4.78, 5) is 39.6. The molecule has 9 nitrogen and oxygen atoms in total. The van der Waals surface area contributed by atoms with Gasteiger partial charge in [0.05, 0.1) is 12.5 Å². The minimum Gasteiger partial charge on any atom is -0.454 e. The van der Waals surface area contributed by atoms with Gasteiger partial charge in [0, 0.05) is 12.1 Å². The Morgan fingerprint density at radius 3 is 2.57 bits per heavy atom. The maximum Gasteiger partial charge on any atom is 0.351 e. The molecule has 0 aliphatic carbocycles. The Bertz CT molecular complexity index is 797. The molecule has 1 aliphatic rings. The summed E-state index contributed by atoms with van der Waals surface area (Å²) in [7, 11) is 0. The van der Waals surface area contributed by atoms with Gasteiger partial charge in [-0.3, -0.25) is 14.2 Å². The summed E-state index contributed by atoms with van der Waals surface area (Å²) < 4.78 is 26.5. The van der Waals surface area contributed by atoms with Crippen LogP contribution in [0.1, 0.15) is 33.9 Å². The average Bonchev–Trinajstić information content (AvgIpc) is 2.85. The fourth-order valence-electron chi connectivity index (χ4n) is 2.45. The van der Waals surface area contributed by atoms with Crippen LogP contribution in [0.5, 0.6) is 0 Å². The van der Waals surface area contributed by atoms with E-state index in [1.54, 1.807) is 27.7 Å². The number of hydrogen-bond acceptors (Lipinski definition) is 7. The third-order valence-corrected chi connectivity index (χ3v) is 4.50. The summed E-state index contributed by atoms with van der Waals surface area (Å²) in [6.45, 7) is 5.76. The van der Waals surface area contributed by atoms with Crippen molar-refractivity contribution in [3.8, 4) is 0 Å². The van der Waals surface area contributed by atoms with Crippen LogP contribution < -0.4 is 11.0 Å². The molecular formula is C17H23ClFN3O6. The van der Waals surface area contributed by atoms with Crippen molar-refractivity contribution in [2.45, 2.75) is 51.3 Å². The number of alkyl halides is 2. The normalized spacial score (nSPS) is 27.2. The molecule has 1 aromatic heterocycles. The molecule has 1 aromatic rings. The zero-order valence-electron chi connectivity index (χ0n) is 15.9. The summed E-state index contributed by atoms with van der Waals surface area (Å²) in [6, 6.07) is 1.28. The number of nitrogens with one attached hydrogen (secondary N) is 1. The molecule has 28 heavy (non-hydrogen) atoms. The molecule has 0 saturated carbocycles. The molecule has 2 rings (SSSR count). The monoisotopic (exact) mass is 419 g/mol. The lowest BCUT2D eigenvalue weighted by molar-refractivity contribution is -0.159. The largest absolute Gasteiger partial charge is 0.454 e. The molecule has 0 aromatic carbocycles. The van der Waals surface area contributed by atoms with Gasteiger partial charge in [-0.2, -0.15) is 4.98 Å². The average molecular weight is 420 g/mol. The van der Waals surface area contributed by atoms with E-state index < -0.39 is 47.7 Å². The Morgan fingerprint density at radius 1 is 1.43 bits per heavy atom. The van der Waals surface area contributed by atoms with Crippen molar-refractivity contribution in [1.29, 1.82) is 0 Å².